The Hall–Kier alpha value is -1.55. The largest absolute Gasteiger partial charge is 0.399 e. The molecule has 0 saturated carbocycles. The predicted molar refractivity (Wildman–Crippen MR) is 70.9 cm³/mol. The third kappa shape index (κ3) is 3.23. The molecule has 4 nitrogen and oxygen atoms in total. The normalized spacial score (nSPS) is 19.5. The highest BCUT2D eigenvalue weighted by Crippen LogP contribution is 2.17. The monoisotopic (exact) mass is 248 g/mol. The molecule has 1 aromatic carbocycles. The van der Waals surface area contributed by atoms with Gasteiger partial charge in [0.05, 0.1) is 12.5 Å². The molecule has 1 atom stereocenters. The predicted octanol–water partition coefficient (Wildman–Crippen LogP) is 1.65. The van der Waals surface area contributed by atoms with E-state index in [2.05, 4.69) is 0 Å². The Balaban J connectivity index is 1.94. The Labute approximate surface area is 108 Å². The topological polar surface area (TPSA) is 55.6 Å². The van der Waals surface area contributed by atoms with Gasteiger partial charge in [-0.1, -0.05) is 12.1 Å². The van der Waals surface area contributed by atoms with E-state index in [4.69, 9.17) is 10.5 Å². The Morgan fingerprint density at radius 2 is 2.39 bits per heavy atom. The molecule has 0 aromatic heterocycles. The first-order chi connectivity index (χ1) is 8.66. The number of carbonyl (C=O) groups is 1. The number of nitrogen functional groups attached to an aromatic ring is 1. The van der Waals surface area contributed by atoms with Crippen LogP contribution in [-0.4, -0.2) is 31.1 Å². The fraction of sp³-hybridized carbons (Fsp3) is 0.500. The van der Waals surface area contributed by atoms with Gasteiger partial charge in [-0.05, 0) is 30.5 Å². The lowest BCUT2D eigenvalue weighted by Crippen LogP contribution is -2.36. The molecule has 4 heteroatoms. The van der Waals surface area contributed by atoms with E-state index in [-0.39, 0.29) is 11.8 Å². The van der Waals surface area contributed by atoms with Gasteiger partial charge in [0.2, 0.25) is 5.91 Å². The van der Waals surface area contributed by atoms with E-state index in [0.717, 1.165) is 30.7 Å². The number of nitrogens with zero attached hydrogens (tertiary/aromatic N) is 1. The van der Waals surface area contributed by atoms with Gasteiger partial charge in [0.25, 0.3) is 0 Å². The van der Waals surface area contributed by atoms with Crippen molar-refractivity contribution in [1.82, 2.24) is 4.90 Å². The first-order valence-corrected chi connectivity index (χ1v) is 6.34. The fourth-order valence-corrected chi connectivity index (χ4v) is 2.29. The number of nitrogens with two attached hydrogens (primary N) is 1. The highest BCUT2D eigenvalue weighted by molar-refractivity contribution is 5.78. The summed E-state index contributed by atoms with van der Waals surface area (Å²) < 4.78 is 5.36. The molecule has 1 saturated heterocycles. The van der Waals surface area contributed by atoms with Gasteiger partial charge in [0, 0.05) is 25.9 Å². The minimum Gasteiger partial charge on any atom is -0.399 e. The first-order valence-electron chi connectivity index (χ1n) is 6.34. The Kier molecular flexibility index (Phi) is 4.20. The fourth-order valence-electron chi connectivity index (χ4n) is 2.29. The van der Waals surface area contributed by atoms with Gasteiger partial charge >= 0.3 is 0 Å². The highest BCUT2D eigenvalue weighted by Gasteiger charge is 2.24. The Morgan fingerprint density at radius 3 is 3.06 bits per heavy atom. The minimum absolute atomic E-state index is 0.0183. The second kappa shape index (κ2) is 5.87. The zero-order chi connectivity index (χ0) is 13.0. The smallest absolute Gasteiger partial charge is 0.228 e. The molecule has 98 valence electrons. The summed E-state index contributed by atoms with van der Waals surface area (Å²) in [4.78, 5) is 14.0. The molecule has 1 aliphatic rings. The molecule has 1 aliphatic heterocycles. The summed E-state index contributed by atoms with van der Waals surface area (Å²) in [6.45, 7) is 1.93. The van der Waals surface area contributed by atoms with Crippen molar-refractivity contribution in [3.63, 3.8) is 0 Å². The second-order valence-corrected chi connectivity index (χ2v) is 4.85. The van der Waals surface area contributed by atoms with Crippen LogP contribution in [0.15, 0.2) is 24.3 Å². The molecule has 1 fully saturated rings. The number of rotatable bonds is 3. The van der Waals surface area contributed by atoms with E-state index in [9.17, 15) is 4.79 Å². The zero-order valence-electron chi connectivity index (χ0n) is 10.8. The first kappa shape index (κ1) is 12.9. The Morgan fingerprint density at radius 1 is 1.56 bits per heavy atom. The van der Waals surface area contributed by atoms with Crippen LogP contribution in [0.2, 0.25) is 0 Å². The van der Waals surface area contributed by atoms with Gasteiger partial charge in [0.1, 0.15) is 0 Å². The van der Waals surface area contributed by atoms with Crippen LogP contribution in [0.4, 0.5) is 5.69 Å². The van der Waals surface area contributed by atoms with Crippen LogP contribution in [0.1, 0.15) is 18.4 Å². The highest BCUT2D eigenvalue weighted by atomic mass is 16.5. The quantitative estimate of drug-likeness (QED) is 0.828. The molecule has 2 rings (SSSR count). The van der Waals surface area contributed by atoms with E-state index < -0.39 is 0 Å². The van der Waals surface area contributed by atoms with Gasteiger partial charge in [-0.3, -0.25) is 4.79 Å². The Bertz CT molecular complexity index is 414. The third-order valence-electron chi connectivity index (χ3n) is 3.26. The lowest BCUT2D eigenvalue weighted by atomic mass is 10.0. The maximum absolute atomic E-state index is 12.2. The number of amides is 1. The molecule has 0 bridgehead atoms. The van der Waals surface area contributed by atoms with Crippen molar-refractivity contribution in [1.29, 1.82) is 0 Å². The minimum atomic E-state index is 0.0183. The van der Waals surface area contributed by atoms with Gasteiger partial charge in [0.15, 0.2) is 0 Å². The van der Waals surface area contributed by atoms with Gasteiger partial charge in [-0.15, -0.1) is 0 Å². The molecule has 1 unspecified atom stereocenters. The third-order valence-corrected chi connectivity index (χ3v) is 3.26. The van der Waals surface area contributed by atoms with Gasteiger partial charge < -0.3 is 15.4 Å². The van der Waals surface area contributed by atoms with E-state index in [1.165, 1.54) is 0 Å². The molecule has 18 heavy (non-hydrogen) atoms. The van der Waals surface area contributed by atoms with Crippen LogP contribution in [0.5, 0.6) is 0 Å². The molecule has 1 amide bonds. The standard InChI is InChI=1S/C14H20N2O2/c1-16(9-11-4-2-6-13(15)8-11)14(17)12-5-3-7-18-10-12/h2,4,6,8,12H,3,5,7,9-10,15H2,1H3. The molecule has 0 radical (unpaired) electrons. The number of anilines is 1. The maximum Gasteiger partial charge on any atom is 0.228 e. The number of hydrogen-bond acceptors (Lipinski definition) is 3. The average molecular weight is 248 g/mol. The van der Waals surface area contributed by atoms with Crippen molar-refractivity contribution in [2.75, 3.05) is 26.0 Å². The van der Waals surface area contributed by atoms with Gasteiger partial charge in [-0.2, -0.15) is 0 Å². The van der Waals surface area contributed by atoms with Crippen molar-refractivity contribution in [2.45, 2.75) is 19.4 Å². The lowest BCUT2D eigenvalue weighted by Gasteiger charge is -2.26. The summed E-state index contributed by atoms with van der Waals surface area (Å²) in [7, 11) is 1.83. The molecule has 1 heterocycles. The molecule has 0 aliphatic carbocycles. The van der Waals surface area contributed by atoms with Crippen LogP contribution in [0.3, 0.4) is 0 Å². The van der Waals surface area contributed by atoms with Crippen molar-refractivity contribution < 1.29 is 9.53 Å². The summed E-state index contributed by atoms with van der Waals surface area (Å²) in [5.41, 5.74) is 7.52. The van der Waals surface area contributed by atoms with E-state index in [0.29, 0.717) is 13.2 Å². The van der Waals surface area contributed by atoms with Crippen LogP contribution >= 0.6 is 0 Å². The van der Waals surface area contributed by atoms with Crippen LogP contribution < -0.4 is 5.73 Å². The van der Waals surface area contributed by atoms with Crippen LogP contribution in [0, 0.1) is 5.92 Å². The number of carbonyl (C=O) groups excluding carboxylic acids is 1. The number of benzene rings is 1. The summed E-state index contributed by atoms with van der Waals surface area (Å²) in [5, 5.41) is 0. The maximum atomic E-state index is 12.2. The van der Waals surface area contributed by atoms with Crippen molar-refractivity contribution in [3.05, 3.63) is 29.8 Å². The second-order valence-electron chi connectivity index (χ2n) is 4.85. The lowest BCUT2D eigenvalue weighted by molar-refractivity contribution is -0.138. The number of ether oxygens (including phenoxy) is 1. The van der Waals surface area contributed by atoms with Crippen molar-refractivity contribution in [3.8, 4) is 0 Å². The summed E-state index contributed by atoms with van der Waals surface area (Å²) >= 11 is 0. The molecule has 1 aromatic rings. The summed E-state index contributed by atoms with van der Waals surface area (Å²) in [6, 6.07) is 7.64. The average Bonchev–Trinajstić information content (AvgIpc) is 2.39. The number of hydrogen-bond donors (Lipinski definition) is 1. The summed E-state index contributed by atoms with van der Waals surface area (Å²) in [5.74, 6) is 0.182. The van der Waals surface area contributed by atoms with E-state index >= 15 is 0 Å². The summed E-state index contributed by atoms with van der Waals surface area (Å²) in [6.07, 6.45) is 1.91. The zero-order valence-corrected chi connectivity index (χ0v) is 10.8. The van der Waals surface area contributed by atoms with Crippen LogP contribution in [0.25, 0.3) is 0 Å². The van der Waals surface area contributed by atoms with Crippen molar-refractivity contribution in [2.24, 2.45) is 5.92 Å². The SMILES string of the molecule is CN(Cc1cccc(N)c1)C(=O)C1CCCOC1. The molecule has 0 spiro atoms. The molecular weight excluding hydrogens is 228 g/mol. The van der Waals surface area contributed by atoms with E-state index in [1.807, 2.05) is 31.3 Å². The van der Waals surface area contributed by atoms with Crippen molar-refractivity contribution >= 4 is 11.6 Å². The van der Waals surface area contributed by atoms with E-state index in [1.54, 1.807) is 4.90 Å². The van der Waals surface area contributed by atoms with Crippen LogP contribution in [-0.2, 0) is 16.1 Å². The molecular formula is C14H20N2O2. The molecule has 2 N–H and O–H groups in total. The van der Waals surface area contributed by atoms with Gasteiger partial charge in [-0.25, -0.2) is 0 Å².